The number of likely N-dealkylation sites (tertiary alicyclic amines) is 1. The Morgan fingerprint density at radius 1 is 1.29 bits per heavy atom. The van der Waals surface area contributed by atoms with Crippen molar-refractivity contribution in [2.45, 2.75) is 25.5 Å². The molecular formula is C15H17NO5. The molecule has 112 valence electrons. The molecule has 0 unspecified atom stereocenters. The van der Waals surface area contributed by atoms with Gasteiger partial charge in [-0.2, -0.15) is 0 Å². The number of ether oxygens (including phenoxy) is 2. The van der Waals surface area contributed by atoms with Crippen molar-refractivity contribution < 1.29 is 23.9 Å². The molecule has 1 aromatic rings. The maximum absolute atomic E-state index is 12.1. The molecule has 2 rings (SSSR count). The highest BCUT2D eigenvalue weighted by atomic mass is 16.6. The molecule has 0 aromatic heterocycles. The largest absolute Gasteiger partial charge is 0.467 e. The van der Waals surface area contributed by atoms with Crippen LogP contribution < -0.4 is 0 Å². The van der Waals surface area contributed by atoms with Crippen LogP contribution in [0.25, 0.3) is 0 Å². The molecule has 1 aliphatic heterocycles. The number of amides is 1. The lowest BCUT2D eigenvalue weighted by atomic mass is 10.0. The van der Waals surface area contributed by atoms with Crippen molar-refractivity contribution in [3.8, 4) is 0 Å². The van der Waals surface area contributed by atoms with E-state index >= 15 is 0 Å². The monoisotopic (exact) mass is 291 g/mol. The van der Waals surface area contributed by atoms with Crippen LogP contribution in [0.2, 0.25) is 0 Å². The normalized spacial score (nSPS) is 18.2. The van der Waals surface area contributed by atoms with Gasteiger partial charge in [-0.1, -0.05) is 30.3 Å². The molecule has 0 N–H and O–H groups in total. The fourth-order valence-corrected chi connectivity index (χ4v) is 2.20. The van der Waals surface area contributed by atoms with Gasteiger partial charge >= 0.3 is 12.1 Å². The summed E-state index contributed by atoms with van der Waals surface area (Å²) in [4.78, 5) is 36.5. The summed E-state index contributed by atoms with van der Waals surface area (Å²) in [7, 11) is 1.23. The first-order valence-electron chi connectivity index (χ1n) is 6.68. The maximum Gasteiger partial charge on any atom is 0.410 e. The summed E-state index contributed by atoms with van der Waals surface area (Å²) in [5.74, 6) is -0.655. The van der Waals surface area contributed by atoms with E-state index < -0.39 is 18.1 Å². The quantitative estimate of drug-likeness (QED) is 0.790. The summed E-state index contributed by atoms with van der Waals surface area (Å²) >= 11 is 0. The van der Waals surface area contributed by atoms with Crippen LogP contribution in [0.3, 0.4) is 0 Å². The second-order valence-electron chi connectivity index (χ2n) is 4.77. The van der Waals surface area contributed by atoms with Crippen molar-refractivity contribution in [2.75, 3.05) is 13.7 Å². The number of ketones is 1. The lowest BCUT2D eigenvalue weighted by Crippen LogP contribution is -2.50. The Morgan fingerprint density at radius 2 is 2.00 bits per heavy atom. The van der Waals surface area contributed by atoms with Crippen LogP contribution in [0, 0.1) is 0 Å². The fourth-order valence-electron chi connectivity index (χ4n) is 2.20. The average molecular weight is 291 g/mol. The zero-order valence-electron chi connectivity index (χ0n) is 11.8. The average Bonchev–Trinajstić information content (AvgIpc) is 2.52. The van der Waals surface area contributed by atoms with Crippen molar-refractivity contribution >= 4 is 17.8 Å². The smallest absolute Gasteiger partial charge is 0.410 e. The Labute approximate surface area is 122 Å². The molecule has 1 atom stereocenters. The Bertz CT molecular complexity index is 528. The van der Waals surface area contributed by atoms with Crippen LogP contribution in [0.4, 0.5) is 4.79 Å². The molecule has 1 heterocycles. The molecule has 1 aromatic carbocycles. The first-order chi connectivity index (χ1) is 10.1. The number of nitrogens with zero attached hydrogens (tertiary/aromatic N) is 1. The van der Waals surface area contributed by atoms with Crippen molar-refractivity contribution in [1.29, 1.82) is 0 Å². The fraction of sp³-hybridized carbons (Fsp3) is 0.400. The van der Waals surface area contributed by atoms with Crippen LogP contribution in [0.1, 0.15) is 18.4 Å². The van der Waals surface area contributed by atoms with Crippen molar-refractivity contribution in [1.82, 2.24) is 4.90 Å². The number of carbonyl (C=O) groups excluding carboxylic acids is 3. The second-order valence-corrected chi connectivity index (χ2v) is 4.77. The summed E-state index contributed by atoms with van der Waals surface area (Å²) in [5, 5.41) is 0. The minimum atomic E-state index is -0.889. The predicted octanol–water partition coefficient (Wildman–Crippen LogP) is 1.53. The molecule has 1 aliphatic rings. The molecule has 21 heavy (non-hydrogen) atoms. The van der Waals surface area contributed by atoms with Crippen molar-refractivity contribution in [3.05, 3.63) is 35.9 Å². The second kappa shape index (κ2) is 6.88. The Hall–Kier alpha value is -2.37. The number of benzene rings is 1. The Balaban J connectivity index is 1.99. The zero-order valence-corrected chi connectivity index (χ0v) is 11.8. The third-order valence-electron chi connectivity index (χ3n) is 3.34. The van der Waals surface area contributed by atoms with Crippen LogP contribution in [0.5, 0.6) is 0 Å². The number of carbonyl (C=O) groups is 3. The van der Waals surface area contributed by atoms with E-state index in [1.165, 1.54) is 12.0 Å². The number of piperidine rings is 1. The Morgan fingerprint density at radius 3 is 2.67 bits per heavy atom. The third kappa shape index (κ3) is 3.81. The van der Waals surface area contributed by atoms with Crippen molar-refractivity contribution in [3.63, 3.8) is 0 Å². The van der Waals surface area contributed by atoms with E-state index in [1.54, 1.807) is 0 Å². The molecule has 6 nitrogen and oxygen atoms in total. The van der Waals surface area contributed by atoms with Crippen LogP contribution in [-0.2, 0) is 25.7 Å². The molecule has 0 saturated carbocycles. The van der Waals surface area contributed by atoms with Gasteiger partial charge in [-0.3, -0.25) is 9.69 Å². The molecule has 0 radical (unpaired) electrons. The molecule has 1 fully saturated rings. The lowest BCUT2D eigenvalue weighted by Gasteiger charge is -2.32. The summed E-state index contributed by atoms with van der Waals surface area (Å²) in [6, 6.07) is 8.35. The molecule has 1 amide bonds. The third-order valence-corrected chi connectivity index (χ3v) is 3.34. The first-order valence-corrected chi connectivity index (χ1v) is 6.68. The summed E-state index contributed by atoms with van der Waals surface area (Å²) in [5.41, 5.74) is 0.855. The van der Waals surface area contributed by atoms with Gasteiger partial charge in [0.2, 0.25) is 0 Å². The van der Waals surface area contributed by atoms with E-state index in [0.29, 0.717) is 0 Å². The lowest BCUT2D eigenvalue weighted by molar-refractivity contribution is -0.150. The molecule has 0 aliphatic carbocycles. The van der Waals surface area contributed by atoms with Gasteiger partial charge in [0.05, 0.1) is 7.11 Å². The summed E-state index contributed by atoms with van der Waals surface area (Å²) in [6.07, 6.45) is -0.400. The van der Waals surface area contributed by atoms with E-state index in [9.17, 15) is 14.4 Å². The molecule has 0 bridgehead atoms. The summed E-state index contributed by atoms with van der Waals surface area (Å²) < 4.78 is 9.84. The van der Waals surface area contributed by atoms with Gasteiger partial charge in [0.15, 0.2) is 0 Å². The van der Waals surface area contributed by atoms with Gasteiger partial charge in [-0.15, -0.1) is 0 Å². The van der Waals surface area contributed by atoms with E-state index in [4.69, 9.17) is 4.74 Å². The number of rotatable bonds is 3. The predicted molar refractivity (Wildman–Crippen MR) is 73.4 cm³/mol. The van der Waals surface area contributed by atoms with Gasteiger partial charge in [-0.05, 0) is 5.56 Å². The standard InChI is InChI=1S/C15H17NO5/c1-20-14(18)13-9-12(17)7-8-16(13)15(19)21-10-11-5-3-2-4-6-11/h2-6,13H,7-10H2,1H3/t13-/m1/s1. The van der Waals surface area contributed by atoms with E-state index in [1.807, 2.05) is 30.3 Å². The number of methoxy groups -OCH3 is 1. The highest BCUT2D eigenvalue weighted by molar-refractivity contribution is 5.91. The first kappa shape index (κ1) is 15.0. The maximum atomic E-state index is 12.1. The minimum absolute atomic E-state index is 0.0207. The van der Waals surface area contributed by atoms with E-state index in [0.717, 1.165) is 5.56 Å². The molecule has 0 spiro atoms. The number of hydrogen-bond donors (Lipinski definition) is 0. The van der Waals surface area contributed by atoms with Gasteiger partial charge in [0, 0.05) is 19.4 Å². The van der Waals surface area contributed by atoms with Gasteiger partial charge in [0.25, 0.3) is 0 Å². The SMILES string of the molecule is COC(=O)[C@H]1CC(=O)CCN1C(=O)OCc1ccccc1. The summed E-state index contributed by atoms with van der Waals surface area (Å²) in [6.45, 7) is 0.296. The highest BCUT2D eigenvalue weighted by Crippen LogP contribution is 2.17. The van der Waals surface area contributed by atoms with Crippen LogP contribution >= 0.6 is 0 Å². The molecule has 6 heteroatoms. The zero-order chi connectivity index (χ0) is 15.2. The number of hydrogen-bond acceptors (Lipinski definition) is 5. The van der Waals surface area contributed by atoms with Crippen molar-refractivity contribution in [2.24, 2.45) is 0 Å². The Kier molecular flexibility index (Phi) is 4.92. The van der Waals surface area contributed by atoms with Gasteiger partial charge in [-0.25, -0.2) is 9.59 Å². The number of Topliss-reactive ketones (excluding diaryl/α,β-unsaturated/α-hetero) is 1. The minimum Gasteiger partial charge on any atom is -0.467 e. The van der Waals surface area contributed by atoms with Crippen LogP contribution in [-0.4, -0.2) is 42.4 Å². The topological polar surface area (TPSA) is 72.9 Å². The van der Waals surface area contributed by atoms with E-state index in [-0.39, 0.29) is 31.8 Å². The molecule has 1 saturated heterocycles. The number of esters is 1. The van der Waals surface area contributed by atoms with Gasteiger partial charge < -0.3 is 9.47 Å². The molecular weight excluding hydrogens is 274 g/mol. The van der Waals surface area contributed by atoms with Crippen LogP contribution in [0.15, 0.2) is 30.3 Å². The highest BCUT2D eigenvalue weighted by Gasteiger charge is 2.37. The van der Waals surface area contributed by atoms with Gasteiger partial charge in [0.1, 0.15) is 18.4 Å². The van der Waals surface area contributed by atoms with E-state index in [2.05, 4.69) is 4.74 Å².